The highest BCUT2D eigenvalue weighted by Crippen LogP contribution is 2.44. The summed E-state index contributed by atoms with van der Waals surface area (Å²) in [6, 6.07) is 18.7. The van der Waals surface area contributed by atoms with E-state index < -0.39 is 0 Å². The molecular weight excluding hydrogens is 316 g/mol. The van der Waals surface area contributed by atoms with Crippen LogP contribution in [0, 0.1) is 0 Å². The van der Waals surface area contributed by atoms with Crippen molar-refractivity contribution in [3.8, 4) is 0 Å². The Hall–Kier alpha value is -2.68. The van der Waals surface area contributed by atoms with Crippen LogP contribution in [0.3, 0.4) is 0 Å². The molecule has 0 bridgehead atoms. The Morgan fingerprint density at radius 2 is 0.692 bits per heavy atom. The van der Waals surface area contributed by atoms with Crippen LogP contribution in [0.1, 0.15) is 22.3 Å². The van der Waals surface area contributed by atoms with Gasteiger partial charge in [-0.2, -0.15) is 0 Å². The summed E-state index contributed by atoms with van der Waals surface area (Å²) in [6.07, 6.45) is 0. The van der Waals surface area contributed by atoms with E-state index in [1.54, 1.807) is 0 Å². The van der Waals surface area contributed by atoms with E-state index in [9.17, 15) is 0 Å². The highest BCUT2D eigenvalue weighted by molar-refractivity contribution is 6.34. The number of rotatable bonds is 0. The molecule has 0 spiro atoms. The van der Waals surface area contributed by atoms with Crippen molar-refractivity contribution < 1.29 is 0 Å². The average molecular weight is 334 g/mol. The summed E-state index contributed by atoms with van der Waals surface area (Å²) in [5, 5.41) is 18.6. The van der Waals surface area contributed by atoms with E-state index >= 15 is 0 Å². The fraction of sp³-hybridized carbons (Fsp3) is 0.167. The van der Waals surface area contributed by atoms with Gasteiger partial charge >= 0.3 is 0 Å². The lowest BCUT2D eigenvalue weighted by molar-refractivity contribution is 0.683. The third-order valence-corrected chi connectivity index (χ3v) is 6.51. The molecule has 2 nitrogen and oxygen atoms in total. The maximum Gasteiger partial charge on any atom is 0.0214 e. The molecule has 0 aromatic heterocycles. The van der Waals surface area contributed by atoms with Crippen molar-refractivity contribution >= 4 is 43.1 Å². The zero-order chi connectivity index (χ0) is 16.8. The van der Waals surface area contributed by atoms with Crippen LogP contribution in [0.4, 0.5) is 0 Å². The minimum Gasteiger partial charge on any atom is -0.309 e. The van der Waals surface area contributed by atoms with E-state index in [0.717, 1.165) is 26.2 Å². The molecule has 0 saturated heterocycles. The molecule has 0 radical (unpaired) electrons. The molecule has 0 fully saturated rings. The maximum atomic E-state index is 3.54. The first-order valence-corrected chi connectivity index (χ1v) is 9.47. The van der Waals surface area contributed by atoms with Crippen molar-refractivity contribution in [3.63, 3.8) is 0 Å². The Kier molecular flexibility index (Phi) is 2.36. The quantitative estimate of drug-likeness (QED) is 0.309. The molecular formula is C24H18N2. The van der Waals surface area contributed by atoms with Gasteiger partial charge in [-0.05, 0) is 65.3 Å². The topological polar surface area (TPSA) is 24.1 Å². The maximum absolute atomic E-state index is 3.54. The smallest absolute Gasteiger partial charge is 0.0214 e. The van der Waals surface area contributed by atoms with Crippen LogP contribution in [0.5, 0.6) is 0 Å². The van der Waals surface area contributed by atoms with E-state index in [1.807, 2.05) is 0 Å². The second-order valence-corrected chi connectivity index (χ2v) is 7.80. The molecule has 0 atom stereocenters. The molecule has 26 heavy (non-hydrogen) atoms. The van der Waals surface area contributed by atoms with Crippen LogP contribution in [0.15, 0.2) is 48.5 Å². The zero-order valence-corrected chi connectivity index (χ0v) is 14.4. The van der Waals surface area contributed by atoms with Crippen molar-refractivity contribution in [1.29, 1.82) is 0 Å². The van der Waals surface area contributed by atoms with Crippen LogP contribution in [0.25, 0.3) is 43.1 Å². The third kappa shape index (κ3) is 1.47. The fourth-order valence-electron chi connectivity index (χ4n) is 5.44. The summed E-state index contributed by atoms with van der Waals surface area (Å²) < 4.78 is 0. The minimum absolute atomic E-state index is 0.971. The normalized spacial score (nSPS) is 16.3. The van der Waals surface area contributed by atoms with Crippen molar-refractivity contribution in [2.24, 2.45) is 0 Å². The van der Waals surface area contributed by atoms with Gasteiger partial charge in [-0.25, -0.2) is 0 Å². The fourth-order valence-corrected chi connectivity index (χ4v) is 5.44. The summed E-state index contributed by atoms with van der Waals surface area (Å²) in [4.78, 5) is 0. The Bertz CT molecular complexity index is 1180. The predicted molar refractivity (Wildman–Crippen MR) is 109 cm³/mol. The molecule has 2 heteroatoms. The summed E-state index contributed by atoms with van der Waals surface area (Å²) in [5.41, 5.74) is 5.74. The van der Waals surface area contributed by atoms with Crippen LogP contribution in [0.2, 0.25) is 0 Å². The molecule has 0 unspecified atom stereocenters. The molecule has 0 saturated carbocycles. The van der Waals surface area contributed by atoms with Gasteiger partial charge in [-0.1, -0.05) is 48.5 Å². The predicted octanol–water partition coefficient (Wildman–Crippen LogP) is 4.94. The molecule has 2 aliphatic rings. The molecule has 7 rings (SSSR count). The van der Waals surface area contributed by atoms with Crippen molar-refractivity contribution in [1.82, 2.24) is 10.6 Å². The summed E-state index contributed by atoms with van der Waals surface area (Å²) in [5.74, 6) is 0. The standard InChI is InChI=1S/C24H18N2/c1-5-17-18-6-3-15-11-26-12-16-4-8-20(24(18)22(15)16)19-7-2-14-10-25-9-13(1)21(14)23(17)19/h1-8,25-26H,9-12H2. The lowest BCUT2D eigenvalue weighted by Gasteiger charge is -2.25. The van der Waals surface area contributed by atoms with Gasteiger partial charge in [0.25, 0.3) is 0 Å². The average Bonchev–Trinajstić information content (AvgIpc) is 2.70. The number of benzene rings is 5. The molecule has 5 aromatic rings. The summed E-state index contributed by atoms with van der Waals surface area (Å²) >= 11 is 0. The molecule has 124 valence electrons. The zero-order valence-electron chi connectivity index (χ0n) is 14.4. The van der Waals surface area contributed by atoms with Gasteiger partial charge in [-0.15, -0.1) is 0 Å². The minimum atomic E-state index is 0.971. The highest BCUT2D eigenvalue weighted by atomic mass is 14.9. The van der Waals surface area contributed by atoms with E-state index in [-0.39, 0.29) is 0 Å². The first kappa shape index (κ1) is 13.5. The van der Waals surface area contributed by atoms with Crippen molar-refractivity contribution in [2.45, 2.75) is 26.2 Å². The van der Waals surface area contributed by atoms with Gasteiger partial charge in [0.2, 0.25) is 0 Å². The van der Waals surface area contributed by atoms with E-state index in [0.29, 0.717) is 0 Å². The van der Waals surface area contributed by atoms with E-state index in [1.165, 1.54) is 65.3 Å². The van der Waals surface area contributed by atoms with Gasteiger partial charge in [0, 0.05) is 26.2 Å². The summed E-state index contributed by atoms with van der Waals surface area (Å²) in [7, 11) is 0. The monoisotopic (exact) mass is 334 g/mol. The molecule has 0 aliphatic carbocycles. The second kappa shape index (κ2) is 4.53. The highest BCUT2D eigenvalue weighted by Gasteiger charge is 2.21. The van der Waals surface area contributed by atoms with Gasteiger partial charge in [0.15, 0.2) is 0 Å². The van der Waals surface area contributed by atoms with Crippen LogP contribution < -0.4 is 10.6 Å². The molecule has 2 heterocycles. The molecule has 2 N–H and O–H groups in total. The Balaban J connectivity index is 1.84. The van der Waals surface area contributed by atoms with Crippen LogP contribution in [-0.4, -0.2) is 0 Å². The first-order valence-electron chi connectivity index (χ1n) is 9.47. The van der Waals surface area contributed by atoms with E-state index in [2.05, 4.69) is 59.2 Å². The largest absolute Gasteiger partial charge is 0.309 e. The van der Waals surface area contributed by atoms with Crippen molar-refractivity contribution in [2.75, 3.05) is 0 Å². The first-order chi connectivity index (χ1) is 12.9. The van der Waals surface area contributed by atoms with Crippen molar-refractivity contribution in [3.05, 3.63) is 70.8 Å². The SMILES string of the molecule is c1cc2c3ccc4c5c(ccc(c6ccc7c(c1CNC7)c26)c53)CNC4. The van der Waals surface area contributed by atoms with Gasteiger partial charge in [0.1, 0.15) is 0 Å². The Labute approximate surface area is 151 Å². The molecule has 0 amide bonds. The second-order valence-electron chi connectivity index (χ2n) is 7.80. The number of hydrogen-bond acceptors (Lipinski definition) is 2. The van der Waals surface area contributed by atoms with E-state index in [4.69, 9.17) is 0 Å². The van der Waals surface area contributed by atoms with Crippen LogP contribution >= 0.6 is 0 Å². The number of hydrogen-bond donors (Lipinski definition) is 2. The lowest BCUT2D eigenvalue weighted by Crippen LogP contribution is -2.19. The summed E-state index contributed by atoms with van der Waals surface area (Å²) in [6.45, 7) is 3.89. The third-order valence-electron chi connectivity index (χ3n) is 6.51. The number of nitrogens with one attached hydrogen (secondary N) is 2. The number of fused-ring (bicyclic) bond motifs is 2. The Morgan fingerprint density at radius 3 is 1.00 bits per heavy atom. The van der Waals surface area contributed by atoms with Crippen LogP contribution in [-0.2, 0) is 26.2 Å². The van der Waals surface area contributed by atoms with Gasteiger partial charge in [0.05, 0.1) is 0 Å². The Morgan fingerprint density at radius 1 is 0.385 bits per heavy atom. The lowest BCUT2D eigenvalue weighted by atomic mass is 9.83. The molecule has 2 aliphatic heterocycles. The van der Waals surface area contributed by atoms with Gasteiger partial charge < -0.3 is 10.6 Å². The molecule has 5 aromatic carbocycles. The van der Waals surface area contributed by atoms with Gasteiger partial charge in [-0.3, -0.25) is 0 Å².